The summed E-state index contributed by atoms with van der Waals surface area (Å²) >= 11 is 1.37. The van der Waals surface area contributed by atoms with E-state index in [2.05, 4.69) is 21.8 Å². The van der Waals surface area contributed by atoms with Crippen molar-refractivity contribution >= 4 is 11.5 Å². The number of nitrogens with zero attached hydrogens (tertiary/aromatic N) is 2. The van der Waals surface area contributed by atoms with Crippen LogP contribution in [0.15, 0.2) is 5.38 Å². The van der Waals surface area contributed by atoms with E-state index in [0.717, 1.165) is 25.1 Å². The van der Waals surface area contributed by atoms with Gasteiger partial charge in [0, 0.05) is 24.6 Å². The Hall–Kier alpha value is -0.520. The average molecular weight is 201 g/mol. The molecule has 13 heavy (non-hydrogen) atoms. The van der Waals surface area contributed by atoms with Gasteiger partial charge in [-0.15, -0.1) is 5.10 Å². The van der Waals surface area contributed by atoms with Crippen molar-refractivity contribution in [1.29, 1.82) is 0 Å². The summed E-state index contributed by atoms with van der Waals surface area (Å²) in [6.07, 6.45) is 1.84. The zero-order valence-electron chi connectivity index (χ0n) is 7.73. The third-order valence-corrected chi connectivity index (χ3v) is 2.39. The number of aromatic nitrogens is 2. The molecule has 1 aromatic rings. The first-order valence-corrected chi connectivity index (χ1v) is 5.26. The van der Waals surface area contributed by atoms with Gasteiger partial charge in [0.05, 0.1) is 5.69 Å². The lowest BCUT2D eigenvalue weighted by Crippen LogP contribution is -2.25. The van der Waals surface area contributed by atoms with Crippen LogP contribution in [0.5, 0.6) is 0 Å². The molecule has 0 spiro atoms. The zero-order valence-corrected chi connectivity index (χ0v) is 8.55. The van der Waals surface area contributed by atoms with Gasteiger partial charge in [-0.1, -0.05) is 4.49 Å². The summed E-state index contributed by atoms with van der Waals surface area (Å²) in [5.74, 6) is 0. The van der Waals surface area contributed by atoms with Crippen LogP contribution >= 0.6 is 11.5 Å². The highest BCUT2D eigenvalue weighted by atomic mass is 32.1. The summed E-state index contributed by atoms with van der Waals surface area (Å²) in [5, 5.41) is 17.8. The minimum atomic E-state index is 0.268. The predicted molar refractivity (Wildman–Crippen MR) is 52.5 cm³/mol. The van der Waals surface area contributed by atoms with Crippen LogP contribution in [0.25, 0.3) is 0 Å². The Morgan fingerprint density at radius 3 is 3.15 bits per heavy atom. The predicted octanol–water partition coefficient (Wildman–Crippen LogP) is 0.789. The maximum Gasteiger partial charge on any atom is 0.0893 e. The van der Waals surface area contributed by atoms with Crippen LogP contribution in [0.4, 0.5) is 0 Å². The van der Waals surface area contributed by atoms with Crippen molar-refractivity contribution in [3.8, 4) is 0 Å². The largest absolute Gasteiger partial charge is 0.396 e. The molecule has 0 bridgehead atoms. The molecule has 2 N–H and O–H groups in total. The highest BCUT2D eigenvalue weighted by molar-refractivity contribution is 7.03. The van der Waals surface area contributed by atoms with Crippen molar-refractivity contribution < 1.29 is 5.11 Å². The number of rotatable bonds is 6. The first kappa shape index (κ1) is 10.6. The van der Waals surface area contributed by atoms with Crippen molar-refractivity contribution in [1.82, 2.24) is 14.9 Å². The van der Waals surface area contributed by atoms with Gasteiger partial charge in [-0.2, -0.15) is 0 Å². The van der Waals surface area contributed by atoms with Crippen molar-refractivity contribution in [2.45, 2.75) is 32.4 Å². The molecule has 0 aliphatic heterocycles. The van der Waals surface area contributed by atoms with Gasteiger partial charge in [-0.25, -0.2) is 0 Å². The molecular formula is C8H15N3OS. The number of aliphatic hydroxyl groups excluding tert-OH is 1. The topological polar surface area (TPSA) is 58.0 Å². The lowest BCUT2D eigenvalue weighted by Gasteiger charge is -2.11. The minimum absolute atomic E-state index is 0.268. The molecule has 5 heteroatoms. The molecule has 1 unspecified atom stereocenters. The van der Waals surface area contributed by atoms with E-state index in [0.29, 0.717) is 6.04 Å². The number of hydrogen-bond donors (Lipinski definition) is 2. The molecule has 0 radical (unpaired) electrons. The molecule has 0 aliphatic carbocycles. The van der Waals surface area contributed by atoms with Gasteiger partial charge in [0.15, 0.2) is 0 Å². The third-order valence-electron chi connectivity index (χ3n) is 1.83. The molecule has 4 nitrogen and oxygen atoms in total. The van der Waals surface area contributed by atoms with Gasteiger partial charge in [0.2, 0.25) is 0 Å². The molecule has 74 valence electrons. The minimum Gasteiger partial charge on any atom is -0.396 e. The zero-order chi connectivity index (χ0) is 9.52. The summed E-state index contributed by atoms with van der Waals surface area (Å²) in [4.78, 5) is 0. The van der Waals surface area contributed by atoms with Crippen LogP contribution in [0.2, 0.25) is 0 Å². The van der Waals surface area contributed by atoms with Crippen molar-refractivity contribution in [2.75, 3.05) is 6.61 Å². The van der Waals surface area contributed by atoms with E-state index in [-0.39, 0.29) is 6.61 Å². The molecule has 0 saturated carbocycles. The van der Waals surface area contributed by atoms with E-state index >= 15 is 0 Å². The van der Waals surface area contributed by atoms with Gasteiger partial charge in [-0.05, 0) is 31.3 Å². The molecule has 0 aromatic carbocycles. The summed E-state index contributed by atoms with van der Waals surface area (Å²) in [6, 6.07) is 0.425. The van der Waals surface area contributed by atoms with Crippen LogP contribution in [-0.2, 0) is 6.54 Å². The maximum absolute atomic E-state index is 8.62. The highest BCUT2D eigenvalue weighted by Gasteiger charge is 2.01. The van der Waals surface area contributed by atoms with Gasteiger partial charge in [-0.3, -0.25) is 0 Å². The summed E-state index contributed by atoms with van der Waals surface area (Å²) < 4.78 is 3.77. The van der Waals surface area contributed by atoms with Gasteiger partial charge in [0.25, 0.3) is 0 Å². The highest BCUT2D eigenvalue weighted by Crippen LogP contribution is 1.99. The summed E-state index contributed by atoms with van der Waals surface area (Å²) in [5.41, 5.74) is 0.987. The SMILES string of the molecule is CC(CCCO)NCc1csnn1. The monoisotopic (exact) mass is 201 g/mol. The van der Waals surface area contributed by atoms with Crippen LogP contribution in [0, 0.1) is 0 Å². The number of nitrogens with one attached hydrogen (secondary N) is 1. The van der Waals surface area contributed by atoms with Crippen molar-refractivity contribution in [3.05, 3.63) is 11.1 Å². The Bertz CT molecular complexity index is 215. The number of hydrogen-bond acceptors (Lipinski definition) is 5. The molecule has 1 aromatic heterocycles. The fraction of sp³-hybridized carbons (Fsp3) is 0.750. The van der Waals surface area contributed by atoms with E-state index in [9.17, 15) is 0 Å². The molecular weight excluding hydrogens is 186 g/mol. The van der Waals surface area contributed by atoms with Gasteiger partial charge in [0.1, 0.15) is 0 Å². The fourth-order valence-corrected chi connectivity index (χ4v) is 1.49. The molecule has 0 aliphatic rings. The van der Waals surface area contributed by atoms with E-state index in [1.54, 1.807) is 0 Å². The standard InChI is InChI=1S/C8H15N3OS/c1-7(3-2-4-12)9-5-8-6-13-11-10-8/h6-7,9,12H,2-5H2,1H3. The van der Waals surface area contributed by atoms with E-state index in [4.69, 9.17) is 5.11 Å². The van der Waals surface area contributed by atoms with Crippen LogP contribution in [-0.4, -0.2) is 27.3 Å². The normalized spacial score (nSPS) is 13.1. The molecule has 1 heterocycles. The Kier molecular flexibility index (Phi) is 4.88. The lowest BCUT2D eigenvalue weighted by atomic mass is 10.2. The van der Waals surface area contributed by atoms with Crippen LogP contribution < -0.4 is 5.32 Å². The second-order valence-electron chi connectivity index (χ2n) is 3.04. The summed E-state index contributed by atoms with van der Waals surface area (Å²) in [7, 11) is 0. The van der Waals surface area contributed by atoms with Crippen LogP contribution in [0.1, 0.15) is 25.5 Å². The Morgan fingerprint density at radius 2 is 2.54 bits per heavy atom. The van der Waals surface area contributed by atoms with Crippen molar-refractivity contribution in [3.63, 3.8) is 0 Å². The molecule has 0 amide bonds. The molecule has 0 fully saturated rings. The molecule has 0 saturated heterocycles. The van der Waals surface area contributed by atoms with E-state index < -0.39 is 0 Å². The second-order valence-corrected chi connectivity index (χ2v) is 3.65. The fourth-order valence-electron chi connectivity index (χ4n) is 1.04. The Labute approximate surface area is 82.2 Å². The summed E-state index contributed by atoms with van der Waals surface area (Å²) in [6.45, 7) is 3.14. The molecule has 1 rings (SSSR count). The van der Waals surface area contributed by atoms with Gasteiger partial charge >= 0.3 is 0 Å². The van der Waals surface area contributed by atoms with Crippen molar-refractivity contribution in [2.24, 2.45) is 0 Å². The quantitative estimate of drug-likeness (QED) is 0.714. The smallest absolute Gasteiger partial charge is 0.0893 e. The maximum atomic E-state index is 8.62. The first-order valence-electron chi connectivity index (χ1n) is 4.43. The van der Waals surface area contributed by atoms with Crippen LogP contribution in [0.3, 0.4) is 0 Å². The second kappa shape index (κ2) is 6.01. The van der Waals surface area contributed by atoms with Gasteiger partial charge < -0.3 is 10.4 Å². The number of aliphatic hydroxyl groups is 1. The average Bonchev–Trinajstić information content (AvgIpc) is 2.64. The van der Waals surface area contributed by atoms with E-state index in [1.165, 1.54) is 11.5 Å². The Morgan fingerprint density at radius 1 is 1.69 bits per heavy atom. The Balaban J connectivity index is 2.11. The van der Waals surface area contributed by atoms with E-state index in [1.807, 2.05) is 5.38 Å². The lowest BCUT2D eigenvalue weighted by molar-refractivity contribution is 0.276. The first-order chi connectivity index (χ1) is 6.33. The third kappa shape index (κ3) is 4.31. The molecule has 1 atom stereocenters.